The molecule has 3 aromatic rings. The molecule has 0 aliphatic carbocycles. The molecule has 0 aliphatic heterocycles. The topological polar surface area (TPSA) is 69.6 Å². The number of hydrogen-bond acceptors (Lipinski definition) is 4. The molecule has 1 aromatic carbocycles. The zero-order chi connectivity index (χ0) is 14.1. The van der Waals surface area contributed by atoms with Crippen molar-refractivity contribution in [1.82, 2.24) is 19.5 Å². The fourth-order valence-electron chi connectivity index (χ4n) is 2.12. The number of aryl methyl sites for hydroxylation is 2. The van der Waals surface area contributed by atoms with Crippen LogP contribution in [0.2, 0.25) is 0 Å². The Kier molecular flexibility index (Phi) is 2.95. The summed E-state index contributed by atoms with van der Waals surface area (Å²) in [6, 6.07) is 8.17. The van der Waals surface area contributed by atoms with Crippen LogP contribution in [0.4, 0.5) is 5.95 Å². The average Bonchev–Trinajstić information content (AvgIpc) is 2.86. The number of imidazole rings is 1. The summed E-state index contributed by atoms with van der Waals surface area (Å²) in [6.07, 6.45) is 5.37. The van der Waals surface area contributed by atoms with Gasteiger partial charge in [0.05, 0.1) is 11.3 Å². The predicted molar refractivity (Wildman–Crippen MR) is 78.8 cm³/mol. The predicted octanol–water partition coefficient (Wildman–Crippen LogP) is 2.43. The lowest BCUT2D eigenvalue weighted by Crippen LogP contribution is -2.01. The molecular weight excluding hydrogens is 250 g/mol. The third-order valence-electron chi connectivity index (χ3n) is 3.19. The van der Waals surface area contributed by atoms with E-state index in [0.717, 1.165) is 22.6 Å². The molecule has 0 saturated carbocycles. The standard InChI is InChI=1S/C15H15N5/c1-10-3-5-11(6-4-10)13-12(9-18-15(16)19-13)14-17-7-8-20(14)2/h3-9H,1-2H3,(H2,16,18,19). The van der Waals surface area contributed by atoms with Crippen molar-refractivity contribution in [1.29, 1.82) is 0 Å². The molecular formula is C15H15N5. The first-order valence-electron chi connectivity index (χ1n) is 6.32. The zero-order valence-corrected chi connectivity index (χ0v) is 11.4. The molecule has 0 atom stereocenters. The number of aromatic nitrogens is 4. The van der Waals surface area contributed by atoms with Crippen molar-refractivity contribution < 1.29 is 0 Å². The van der Waals surface area contributed by atoms with Gasteiger partial charge in [-0.3, -0.25) is 0 Å². The van der Waals surface area contributed by atoms with Crippen LogP contribution in [0, 0.1) is 6.92 Å². The van der Waals surface area contributed by atoms with Gasteiger partial charge >= 0.3 is 0 Å². The van der Waals surface area contributed by atoms with Crippen LogP contribution in [-0.2, 0) is 7.05 Å². The van der Waals surface area contributed by atoms with E-state index in [0.29, 0.717) is 0 Å². The van der Waals surface area contributed by atoms with Gasteiger partial charge < -0.3 is 10.3 Å². The lowest BCUT2D eigenvalue weighted by Gasteiger charge is -2.09. The van der Waals surface area contributed by atoms with Gasteiger partial charge in [0.15, 0.2) is 0 Å². The molecule has 0 bridgehead atoms. The molecule has 2 aromatic heterocycles. The zero-order valence-electron chi connectivity index (χ0n) is 11.4. The van der Waals surface area contributed by atoms with Crippen molar-refractivity contribution in [3.05, 3.63) is 48.4 Å². The highest BCUT2D eigenvalue weighted by molar-refractivity contribution is 5.77. The maximum absolute atomic E-state index is 5.74. The van der Waals surface area contributed by atoms with Gasteiger partial charge in [0, 0.05) is 31.2 Å². The molecule has 0 amide bonds. The maximum Gasteiger partial charge on any atom is 0.220 e. The molecule has 100 valence electrons. The minimum absolute atomic E-state index is 0.263. The van der Waals surface area contributed by atoms with E-state index in [2.05, 4.69) is 34.0 Å². The maximum atomic E-state index is 5.74. The molecule has 5 heteroatoms. The number of rotatable bonds is 2. The van der Waals surface area contributed by atoms with E-state index < -0.39 is 0 Å². The summed E-state index contributed by atoms with van der Waals surface area (Å²) < 4.78 is 1.94. The van der Waals surface area contributed by atoms with E-state index in [1.54, 1.807) is 12.4 Å². The van der Waals surface area contributed by atoms with Gasteiger partial charge in [0.2, 0.25) is 5.95 Å². The minimum atomic E-state index is 0.263. The van der Waals surface area contributed by atoms with Gasteiger partial charge in [0.1, 0.15) is 5.82 Å². The van der Waals surface area contributed by atoms with Gasteiger partial charge in [0.25, 0.3) is 0 Å². The van der Waals surface area contributed by atoms with Crippen molar-refractivity contribution >= 4 is 5.95 Å². The summed E-state index contributed by atoms with van der Waals surface area (Å²) in [5.74, 6) is 1.08. The van der Waals surface area contributed by atoms with E-state index in [1.165, 1.54) is 5.56 Å². The lowest BCUT2D eigenvalue weighted by atomic mass is 10.1. The van der Waals surface area contributed by atoms with Crippen LogP contribution in [-0.4, -0.2) is 19.5 Å². The van der Waals surface area contributed by atoms with Crippen LogP contribution in [0.5, 0.6) is 0 Å². The molecule has 2 N–H and O–H groups in total. The number of nitrogens with zero attached hydrogens (tertiary/aromatic N) is 4. The Labute approximate surface area is 117 Å². The van der Waals surface area contributed by atoms with Gasteiger partial charge in [-0.25, -0.2) is 15.0 Å². The first kappa shape index (κ1) is 12.3. The second-order valence-electron chi connectivity index (χ2n) is 4.72. The highest BCUT2D eigenvalue weighted by Gasteiger charge is 2.13. The number of anilines is 1. The van der Waals surface area contributed by atoms with Crippen LogP contribution in [0.15, 0.2) is 42.9 Å². The lowest BCUT2D eigenvalue weighted by molar-refractivity contribution is 0.922. The quantitative estimate of drug-likeness (QED) is 0.772. The fraction of sp³-hybridized carbons (Fsp3) is 0.133. The first-order chi connectivity index (χ1) is 9.65. The van der Waals surface area contributed by atoms with Crippen LogP contribution in [0.1, 0.15) is 5.56 Å². The van der Waals surface area contributed by atoms with Crippen molar-refractivity contribution in [3.8, 4) is 22.6 Å². The number of benzene rings is 1. The minimum Gasteiger partial charge on any atom is -0.368 e. The monoisotopic (exact) mass is 265 g/mol. The van der Waals surface area contributed by atoms with Crippen LogP contribution >= 0.6 is 0 Å². The average molecular weight is 265 g/mol. The highest BCUT2D eigenvalue weighted by Crippen LogP contribution is 2.29. The third kappa shape index (κ3) is 2.14. The molecule has 0 spiro atoms. The second-order valence-corrected chi connectivity index (χ2v) is 4.72. The van der Waals surface area contributed by atoms with E-state index in [1.807, 2.05) is 29.9 Å². The van der Waals surface area contributed by atoms with Gasteiger partial charge in [-0.2, -0.15) is 0 Å². The summed E-state index contributed by atoms with van der Waals surface area (Å²) >= 11 is 0. The van der Waals surface area contributed by atoms with E-state index in [-0.39, 0.29) is 5.95 Å². The Hall–Kier alpha value is -2.69. The first-order valence-corrected chi connectivity index (χ1v) is 6.32. The molecule has 2 heterocycles. The molecule has 0 aliphatic rings. The summed E-state index contributed by atoms with van der Waals surface area (Å²) in [4.78, 5) is 12.8. The van der Waals surface area contributed by atoms with E-state index in [9.17, 15) is 0 Å². The third-order valence-corrected chi connectivity index (χ3v) is 3.19. The largest absolute Gasteiger partial charge is 0.368 e. The van der Waals surface area contributed by atoms with Gasteiger partial charge in [-0.05, 0) is 6.92 Å². The number of nitrogens with two attached hydrogens (primary N) is 1. The summed E-state index contributed by atoms with van der Waals surface area (Å²) in [5.41, 5.74) is 9.61. The van der Waals surface area contributed by atoms with Crippen LogP contribution in [0.3, 0.4) is 0 Å². The fourth-order valence-corrected chi connectivity index (χ4v) is 2.12. The van der Waals surface area contributed by atoms with Crippen molar-refractivity contribution in [2.45, 2.75) is 6.92 Å². The second kappa shape index (κ2) is 4.77. The van der Waals surface area contributed by atoms with Crippen LogP contribution in [0.25, 0.3) is 22.6 Å². The normalized spacial score (nSPS) is 10.7. The molecule has 0 saturated heterocycles. The van der Waals surface area contributed by atoms with E-state index in [4.69, 9.17) is 5.73 Å². The molecule has 3 rings (SSSR count). The highest BCUT2D eigenvalue weighted by atomic mass is 15.1. The molecule has 20 heavy (non-hydrogen) atoms. The molecule has 0 fully saturated rings. The summed E-state index contributed by atoms with van der Waals surface area (Å²) in [6.45, 7) is 2.05. The molecule has 0 unspecified atom stereocenters. The van der Waals surface area contributed by atoms with Crippen molar-refractivity contribution in [2.75, 3.05) is 5.73 Å². The van der Waals surface area contributed by atoms with Crippen molar-refractivity contribution in [3.63, 3.8) is 0 Å². The smallest absolute Gasteiger partial charge is 0.220 e. The Morgan fingerprint density at radius 3 is 2.50 bits per heavy atom. The molecule has 5 nitrogen and oxygen atoms in total. The Morgan fingerprint density at radius 1 is 1.10 bits per heavy atom. The number of nitrogen functional groups attached to an aromatic ring is 1. The SMILES string of the molecule is Cc1ccc(-c2nc(N)ncc2-c2nccn2C)cc1. The number of hydrogen-bond donors (Lipinski definition) is 1. The van der Waals surface area contributed by atoms with Crippen molar-refractivity contribution in [2.24, 2.45) is 7.05 Å². The van der Waals surface area contributed by atoms with Gasteiger partial charge in [-0.15, -0.1) is 0 Å². The van der Waals surface area contributed by atoms with Gasteiger partial charge in [-0.1, -0.05) is 29.8 Å². The van der Waals surface area contributed by atoms with E-state index >= 15 is 0 Å². The Morgan fingerprint density at radius 2 is 1.85 bits per heavy atom. The molecule has 0 radical (unpaired) electrons. The Bertz CT molecular complexity index is 743. The summed E-state index contributed by atoms with van der Waals surface area (Å²) in [5, 5.41) is 0. The Balaban J connectivity index is 2.21. The summed E-state index contributed by atoms with van der Waals surface area (Å²) in [7, 11) is 1.94. The van der Waals surface area contributed by atoms with Crippen LogP contribution < -0.4 is 5.73 Å².